The lowest BCUT2D eigenvalue weighted by molar-refractivity contribution is -0.342. The van der Waals surface area contributed by atoms with Crippen LogP contribution in [0.1, 0.15) is 56.5 Å². The van der Waals surface area contributed by atoms with E-state index in [1.165, 1.54) is 0 Å². The molecule has 4 nitrogen and oxygen atoms in total. The van der Waals surface area contributed by atoms with Gasteiger partial charge in [-0.15, -0.1) is 0 Å². The van der Waals surface area contributed by atoms with Crippen LogP contribution in [0.25, 0.3) is 6.08 Å². The van der Waals surface area contributed by atoms with Gasteiger partial charge in [-0.1, -0.05) is 13.8 Å². The number of hydrogen-bond donors (Lipinski definition) is 1. The van der Waals surface area contributed by atoms with Crippen LogP contribution in [0, 0.1) is 19.8 Å². The number of nitrogens with one attached hydrogen (secondary N) is 1. The molecule has 1 aliphatic rings. The van der Waals surface area contributed by atoms with E-state index in [4.69, 9.17) is 0 Å². The van der Waals surface area contributed by atoms with E-state index >= 15 is 0 Å². The summed E-state index contributed by atoms with van der Waals surface area (Å²) in [5.41, 5.74) is 3.96. The summed E-state index contributed by atoms with van der Waals surface area (Å²) in [5, 5.41) is 2.87. The van der Waals surface area contributed by atoms with E-state index in [0.29, 0.717) is 30.3 Å². The smallest absolute Gasteiger partial charge is 0.356 e. The number of rotatable bonds is 9. The topological polar surface area (TPSA) is 37.0 Å². The molecule has 28 heavy (non-hydrogen) atoms. The van der Waals surface area contributed by atoms with Gasteiger partial charge in [0.2, 0.25) is 5.91 Å². The third kappa shape index (κ3) is 5.66. The molecule has 0 unspecified atom stereocenters. The van der Waals surface area contributed by atoms with Crippen molar-refractivity contribution in [3.8, 4) is 0 Å². The minimum atomic E-state index is -2.65. The Morgan fingerprint density at radius 3 is 2.61 bits per heavy atom. The average molecular weight is 390 g/mol. The van der Waals surface area contributed by atoms with Crippen molar-refractivity contribution < 1.29 is 17.9 Å². The number of aromatic nitrogens is 1. The maximum atomic E-state index is 13.7. The van der Waals surface area contributed by atoms with Gasteiger partial charge in [-0.05, 0) is 44.2 Å². The van der Waals surface area contributed by atoms with Gasteiger partial charge in [-0.2, -0.15) is 0 Å². The minimum Gasteiger partial charge on any atom is -0.356 e. The van der Waals surface area contributed by atoms with Crippen molar-refractivity contribution in [3.05, 3.63) is 40.9 Å². The zero-order chi connectivity index (χ0) is 20.8. The first-order chi connectivity index (χ1) is 13.2. The van der Waals surface area contributed by atoms with E-state index in [-0.39, 0.29) is 12.3 Å². The van der Waals surface area contributed by atoms with Crippen LogP contribution in [-0.4, -0.2) is 34.6 Å². The molecule has 152 valence electrons. The predicted octanol–water partition coefficient (Wildman–Crippen LogP) is 4.26. The van der Waals surface area contributed by atoms with E-state index in [9.17, 15) is 13.4 Å². The van der Waals surface area contributed by atoms with Crippen LogP contribution >= 0.6 is 0 Å². The summed E-state index contributed by atoms with van der Waals surface area (Å²) in [5.74, 6) is 0.516. The van der Waals surface area contributed by atoms with Crippen molar-refractivity contribution in [1.29, 1.82) is 0 Å². The Balaban J connectivity index is 2.06. The van der Waals surface area contributed by atoms with Crippen LogP contribution in [0.3, 0.4) is 0 Å². The fraction of sp³-hybridized carbons (Fsp3) is 0.524. The molecular weight excluding hydrogens is 359 g/mol. The monoisotopic (exact) mass is 390 g/mol. The first-order valence-corrected chi connectivity index (χ1v) is 9.93. The highest BCUT2D eigenvalue weighted by molar-refractivity contribution is 6.35. The van der Waals surface area contributed by atoms with Crippen LogP contribution in [0.2, 0.25) is 0 Å². The first-order valence-electron chi connectivity index (χ1n) is 9.93. The van der Waals surface area contributed by atoms with Gasteiger partial charge in [0.25, 0.3) is 0 Å². The Kier molecular flexibility index (Phi) is 7.78. The normalized spacial score (nSPS) is 15.2. The summed E-state index contributed by atoms with van der Waals surface area (Å²) in [6, 6.07) is 2.03. The van der Waals surface area contributed by atoms with Gasteiger partial charge < -0.3 is 9.88 Å². The van der Waals surface area contributed by atoms with Crippen molar-refractivity contribution in [2.75, 3.05) is 6.54 Å². The van der Waals surface area contributed by atoms with Crippen molar-refractivity contribution in [2.45, 2.75) is 53.4 Å². The third-order valence-electron chi connectivity index (χ3n) is 5.12. The molecule has 2 heterocycles. The Bertz CT molecular complexity index is 807. The van der Waals surface area contributed by atoms with Gasteiger partial charge in [0.15, 0.2) is 11.4 Å². The fourth-order valence-corrected chi connectivity index (χ4v) is 3.42. The Morgan fingerprint density at radius 1 is 1.32 bits per heavy atom. The highest BCUT2D eigenvalue weighted by atomic mass is 19.2. The summed E-state index contributed by atoms with van der Waals surface area (Å²) in [6.07, 6.45) is 7.67. The van der Waals surface area contributed by atoms with Crippen molar-refractivity contribution in [3.63, 3.8) is 0 Å². The quantitative estimate of drug-likeness (QED) is 0.497. The predicted molar refractivity (Wildman–Crippen MR) is 112 cm³/mol. The zero-order valence-electron chi connectivity index (χ0n) is 17.6. The number of amides is 1. The van der Waals surface area contributed by atoms with Crippen LogP contribution in [0.4, 0.5) is 8.63 Å². The number of allylic oxidation sites excluding steroid dienone is 2. The lowest BCUT2D eigenvalue weighted by atomic mass is 10.1. The Labute approximate surface area is 167 Å². The molecule has 1 N–H and O–H groups in total. The highest BCUT2D eigenvalue weighted by Gasteiger charge is 2.41. The second-order valence-corrected chi connectivity index (χ2v) is 7.84. The maximum Gasteiger partial charge on any atom is 0.934 e. The van der Waals surface area contributed by atoms with E-state index in [0.717, 1.165) is 34.3 Å². The summed E-state index contributed by atoms with van der Waals surface area (Å²) in [4.78, 5) is 12.0. The molecular formula is C21H31BF2N3O+. The molecule has 1 aromatic heterocycles. The van der Waals surface area contributed by atoms with E-state index < -0.39 is 7.40 Å². The van der Waals surface area contributed by atoms with E-state index in [1.807, 2.05) is 31.5 Å². The number of carbonyl (C=O) groups excluding carboxylic acids is 1. The second kappa shape index (κ2) is 9.85. The second-order valence-electron chi connectivity index (χ2n) is 7.84. The lowest BCUT2D eigenvalue weighted by Gasteiger charge is -2.07. The Morgan fingerprint density at radius 2 is 2.04 bits per heavy atom. The van der Waals surface area contributed by atoms with Crippen LogP contribution in [0.5, 0.6) is 0 Å². The van der Waals surface area contributed by atoms with Gasteiger partial charge in [0.05, 0.1) is 5.69 Å². The van der Waals surface area contributed by atoms with Crippen LogP contribution in [-0.2, 0) is 11.8 Å². The molecule has 1 amide bonds. The number of aryl methyl sites for hydroxylation is 2. The van der Waals surface area contributed by atoms with Crippen molar-refractivity contribution in [2.24, 2.45) is 13.0 Å². The summed E-state index contributed by atoms with van der Waals surface area (Å²) >= 11 is 0. The zero-order valence-corrected chi connectivity index (χ0v) is 17.6. The van der Waals surface area contributed by atoms with E-state index in [1.54, 1.807) is 18.2 Å². The van der Waals surface area contributed by atoms with Crippen LogP contribution in [0.15, 0.2) is 23.9 Å². The SMILES string of the molecule is Cc1cc(C)n(C)c1/C=C1/C=CC(CCC(=O)NCCCC(C)C)=[N+]1B(F)F. The standard InChI is InChI=1S/C21H30BF2N3O/c1-15(2)7-6-12-25-21(28)11-10-18-8-9-19(27(18)22(23)24)14-20-16(3)13-17(4)26(20)5/h8-9,13-15H,6-7,10-12H2,1-5H3/p+1. The largest absolute Gasteiger partial charge is 0.934 e. The molecule has 0 spiro atoms. The maximum absolute atomic E-state index is 13.7. The highest BCUT2D eigenvalue weighted by Crippen LogP contribution is 2.22. The molecule has 1 aliphatic heterocycles. The fourth-order valence-electron chi connectivity index (χ4n) is 3.42. The van der Waals surface area contributed by atoms with Gasteiger partial charge in [0.1, 0.15) is 0 Å². The van der Waals surface area contributed by atoms with Gasteiger partial charge in [-0.25, -0.2) is 13.1 Å². The molecule has 0 bridgehead atoms. The molecule has 2 rings (SSSR count). The number of nitrogens with zero attached hydrogens (tertiary/aromatic N) is 2. The van der Waals surface area contributed by atoms with Gasteiger partial charge >= 0.3 is 7.40 Å². The molecule has 7 heteroatoms. The lowest BCUT2D eigenvalue weighted by Crippen LogP contribution is -2.28. The third-order valence-corrected chi connectivity index (χ3v) is 5.12. The first kappa shape index (κ1) is 22.1. The molecule has 0 aromatic carbocycles. The average Bonchev–Trinajstić information content (AvgIpc) is 3.13. The number of halogens is 2. The Hall–Kier alpha value is -2.18. The molecule has 0 saturated carbocycles. The summed E-state index contributed by atoms with van der Waals surface area (Å²) in [7, 11) is -0.721. The summed E-state index contributed by atoms with van der Waals surface area (Å²) < 4.78 is 30.4. The molecule has 0 radical (unpaired) electrons. The van der Waals surface area contributed by atoms with E-state index in [2.05, 4.69) is 19.2 Å². The molecule has 0 saturated heterocycles. The van der Waals surface area contributed by atoms with Crippen LogP contribution < -0.4 is 5.32 Å². The number of carbonyl (C=O) groups is 1. The minimum absolute atomic E-state index is 0.0924. The van der Waals surface area contributed by atoms with Gasteiger partial charge in [0, 0.05) is 50.4 Å². The molecule has 1 aromatic rings. The molecule has 0 atom stereocenters. The van der Waals surface area contributed by atoms with Crippen molar-refractivity contribution in [1.82, 2.24) is 9.88 Å². The number of hydrogen-bond acceptors (Lipinski definition) is 1. The summed E-state index contributed by atoms with van der Waals surface area (Å²) in [6.45, 7) is 8.89. The van der Waals surface area contributed by atoms with Crippen molar-refractivity contribution >= 4 is 25.1 Å². The van der Waals surface area contributed by atoms with Gasteiger partial charge in [-0.3, -0.25) is 4.79 Å². The molecule has 0 aliphatic carbocycles. The molecule has 0 fully saturated rings.